The first-order valence-corrected chi connectivity index (χ1v) is 7.06. The van der Waals surface area contributed by atoms with Gasteiger partial charge in [0, 0.05) is 5.56 Å². The lowest BCUT2D eigenvalue weighted by molar-refractivity contribution is 0.0988. The van der Waals surface area contributed by atoms with Gasteiger partial charge in [0.25, 0.3) is 0 Å². The van der Waals surface area contributed by atoms with Crippen LogP contribution in [-0.2, 0) is 0 Å². The van der Waals surface area contributed by atoms with E-state index < -0.39 is 0 Å². The third kappa shape index (κ3) is 3.63. The van der Waals surface area contributed by atoms with E-state index in [0.29, 0.717) is 21.8 Å². The number of rotatable bonds is 3. The van der Waals surface area contributed by atoms with Crippen LogP contribution in [0, 0.1) is 10.8 Å². The first-order valence-electron chi connectivity index (χ1n) is 6.68. The van der Waals surface area contributed by atoms with Gasteiger partial charge >= 0.3 is 0 Å². The van der Waals surface area contributed by atoms with Crippen LogP contribution in [0.3, 0.4) is 0 Å². The number of benzene rings is 1. The minimum Gasteiger partial charge on any atom is -0.489 e. The Morgan fingerprint density at radius 2 is 2.00 bits per heavy atom. The van der Waals surface area contributed by atoms with Crippen molar-refractivity contribution in [2.45, 2.75) is 45.6 Å². The van der Waals surface area contributed by atoms with Crippen molar-refractivity contribution in [1.82, 2.24) is 0 Å². The molecule has 0 spiro atoms. The van der Waals surface area contributed by atoms with Crippen molar-refractivity contribution in [2.24, 2.45) is 11.1 Å². The van der Waals surface area contributed by atoms with Crippen molar-refractivity contribution in [1.29, 1.82) is 5.41 Å². The summed E-state index contributed by atoms with van der Waals surface area (Å²) in [7, 11) is 0. The van der Waals surface area contributed by atoms with E-state index in [4.69, 9.17) is 27.5 Å². The van der Waals surface area contributed by atoms with Gasteiger partial charge in [-0.25, -0.2) is 0 Å². The second-order valence-corrected chi connectivity index (χ2v) is 6.45. The van der Waals surface area contributed by atoms with Crippen LogP contribution >= 0.6 is 11.6 Å². The molecule has 19 heavy (non-hydrogen) atoms. The smallest absolute Gasteiger partial charge is 0.138 e. The number of halogens is 1. The van der Waals surface area contributed by atoms with Gasteiger partial charge in [-0.05, 0) is 49.3 Å². The van der Waals surface area contributed by atoms with Crippen molar-refractivity contribution in [3.8, 4) is 5.75 Å². The zero-order valence-electron chi connectivity index (χ0n) is 11.5. The maximum absolute atomic E-state index is 7.38. The van der Waals surface area contributed by atoms with Gasteiger partial charge in [0.05, 0.1) is 11.1 Å². The Hall–Kier alpha value is -1.22. The number of nitrogens with two attached hydrogens (primary N) is 1. The predicted octanol–water partition coefficient (Wildman–Crippen LogP) is 3.97. The number of ether oxygens (including phenoxy) is 1. The Morgan fingerprint density at radius 3 is 2.53 bits per heavy atom. The molecule has 0 atom stereocenters. The van der Waals surface area contributed by atoms with Crippen LogP contribution in [0.25, 0.3) is 0 Å². The Kier molecular flexibility index (Phi) is 4.04. The largest absolute Gasteiger partial charge is 0.489 e. The molecular weight excluding hydrogens is 260 g/mol. The molecule has 3 N–H and O–H groups in total. The van der Waals surface area contributed by atoms with Crippen LogP contribution in [0.15, 0.2) is 18.2 Å². The molecule has 0 unspecified atom stereocenters. The molecule has 3 nitrogen and oxygen atoms in total. The van der Waals surface area contributed by atoms with E-state index in [9.17, 15) is 0 Å². The Balaban J connectivity index is 2.02. The second kappa shape index (κ2) is 5.41. The molecule has 0 aromatic heterocycles. The van der Waals surface area contributed by atoms with E-state index in [1.807, 2.05) is 0 Å². The molecule has 1 aromatic carbocycles. The summed E-state index contributed by atoms with van der Waals surface area (Å²) in [6.45, 7) is 4.61. The van der Waals surface area contributed by atoms with E-state index in [0.717, 1.165) is 12.8 Å². The Bertz CT molecular complexity index is 475. The summed E-state index contributed by atoms with van der Waals surface area (Å²) in [6, 6.07) is 5.26. The average Bonchev–Trinajstić information content (AvgIpc) is 2.34. The van der Waals surface area contributed by atoms with Crippen LogP contribution in [0.4, 0.5) is 0 Å². The lowest BCUT2D eigenvalue weighted by Crippen LogP contribution is -2.28. The van der Waals surface area contributed by atoms with E-state index in [2.05, 4.69) is 13.8 Å². The topological polar surface area (TPSA) is 59.1 Å². The van der Waals surface area contributed by atoms with Gasteiger partial charge in [-0.15, -0.1) is 0 Å². The van der Waals surface area contributed by atoms with Crippen LogP contribution in [-0.4, -0.2) is 11.9 Å². The van der Waals surface area contributed by atoms with Gasteiger partial charge in [0.2, 0.25) is 0 Å². The molecule has 1 saturated carbocycles. The molecule has 104 valence electrons. The monoisotopic (exact) mass is 280 g/mol. The number of nitrogen functional groups attached to an aromatic ring is 1. The first-order chi connectivity index (χ1) is 8.87. The summed E-state index contributed by atoms with van der Waals surface area (Å²) in [5.41, 5.74) is 6.49. The fourth-order valence-corrected chi connectivity index (χ4v) is 2.66. The fourth-order valence-electron chi connectivity index (χ4n) is 2.43. The van der Waals surface area contributed by atoms with Crippen molar-refractivity contribution in [3.63, 3.8) is 0 Å². The summed E-state index contributed by atoms with van der Waals surface area (Å²) >= 11 is 6.17. The van der Waals surface area contributed by atoms with Gasteiger partial charge < -0.3 is 10.5 Å². The van der Waals surface area contributed by atoms with Gasteiger partial charge in [-0.1, -0.05) is 25.4 Å². The molecule has 1 aliphatic carbocycles. The lowest BCUT2D eigenvalue weighted by Gasteiger charge is -2.34. The van der Waals surface area contributed by atoms with E-state index in [1.54, 1.807) is 18.2 Å². The highest BCUT2D eigenvalue weighted by Gasteiger charge is 2.28. The summed E-state index contributed by atoms with van der Waals surface area (Å²) in [4.78, 5) is 0. The molecule has 0 amide bonds. The number of hydrogen-bond acceptors (Lipinski definition) is 2. The lowest BCUT2D eigenvalue weighted by atomic mass is 9.76. The molecule has 0 heterocycles. The zero-order valence-corrected chi connectivity index (χ0v) is 12.3. The van der Waals surface area contributed by atoms with E-state index in [-0.39, 0.29) is 11.9 Å². The number of nitrogens with one attached hydrogen (secondary N) is 1. The molecular formula is C15H21ClN2O. The second-order valence-electron chi connectivity index (χ2n) is 6.04. The standard InChI is InChI=1S/C15H21ClN2O/c1-15(2)7-5-11(6-8-15)19-13-4-3-10(14(17)18)9-12(13)16/h3-4,9,11H,5-8H2,1-2H3,(H3,17,18). The maximum atomic E-state index is 7.38. The molecule has 4 heteroatoms. The summed E-state index contributed by atoms with van der Waals surface area (Å²) < 4.78 is 5.97. The van der Waals surface area contributed by atoms with Gasteiger partial charge in [0.1, 0.15) is 11.6 Å². The molecule has 0 bridgehead atoms. The summed E-state index contributed by atoms with van der Waals surface area (Å²) in [5, 5.41) is 7.90. The van der Waals surface area contributed by atoms with Crippen molar-refractivity contribution in [3.05, 3.63) is 28.8 Å². The van der Waals surface area contributed by atoms with Crippen LogP contribution in [0.5, 0.6) is 5.75 Å². The third-order valence-electron chi connectivity index (χ3n) is 3.82. The first kappa shape index (κ1) is 14.2. The average molecular weight is 281 g/mol. The highest BCUT2D eigenvalue weighted by Crippen LogP contribution is 2.37. The van der Waals surface area contributed by atoms with Crippen molar-refractivity contribution < 1.29 is 4.74 Å². The number of hydrogen-bond donors (Lipinski definition) is 2. The SMILES string of the molecule is CC1(C)CCC(Oc2ccc(C(=N)N)cc2Cl)CC1. The zero-order chi connectivity index (χ0) is 14.0. The molecule has 2 rings (SSSR count). The normalized spacial score (nSPS) is 19.1. The minimum absolute atomic E-state index is 0.0212. The van der Waals surface area contributed by atoms with Gasteiger partial charge in [-0.3, -0.25) is 5.41 Å². The molecule has 1 fully saturated rings. The third-order valence-corrected chi connectivity index (χ3v) is 4.12. The Morgan fingerprint density at radius 1 is 1.37 bits per heavy atom. The highest BCUT2D eigenvalue weighted by molar-refractivity contribution is 6.32. The molecule has 1 aliphatic rings. The van der Waals surface area contributed by atoms with Crippen molar-refractivity contribution >= 4 is 17.4 Å². The maximum Gasteiger partial charge on any atom is 0.138 e. The van der Waals surface area contributed by atoms with E-state index in [1.165, 1.54) is 12.8 Å². The number of amidine groups is 1. The highest BCUT2D eigenvalue weighted by atomic mass is 35.5. The summed E-state index contributed by atoms with van der Waals surface area (Å²) in [6.07, 6.45) is 4.74. The van der Waals surface area contributed by atoms with Crippen LogP contribution in [0.1, 0.15) is 45.1 Å². The van der Waals surface area contributed by atoms with Gasteiger partial charge in [0.15, 0.2) is 0 Å². The molecule has 0 radical (unpaired) electrons. The predicted molar refractivity (Wildman–Crippen MR) is 79.1 cm³/mol. The van der Waals surface area contributed by atoms with Crippen LogP contribution < -0.4 is 10.5 Å². The molecule has 0 saturated heterocycles. The quantitative estimate of drug-likeness (QED) is 0.650. The minimum atomic E-state index is 0.0212. The van der Waals surface area contributed by atoms with Crippen LogP contribution in [0.2, 0.25) is 5.02 Å². The van der Waals surface area contributed by atoms with Crippen molar-refractivity contribution in [2.75, 3.05) is 0 Å². The summed E-state index contributed by atoms with van der Waals surface area (Å²) in [5.74, 6) is 0.712. The van der Waals surface area contributed by atoms with E-state index >= 15 is 0 Å². The van der Waals surface area contributed by atoms with Gasteiger partial charge in [-0.2, -0.15) is 0 Å². The Labute approximate surface area is 119 Å². The fraction of sp³-hybridized carbons (Fsp3) is 0.533. The molecule has 0 aliphatic heterocycles. The molecule has 1 aromatic rings.